The third kappa shape index (κ3) is 10.7. The van der Waals surface area contributed by atoms with Gasteiger partial charge in [-0.3, -0.25) is 0 Å². The number of benzene rings is 1. The van der Waals surface area contributed by atoms with E-state index in [2.05, 4.69) is 132 Å². The zero-order chi connectivity index (χ0) is 38.2. The van der Waals surface area contributed by atoms with Crippen LogP contribution in [0.4, 0.5) is 4.39 Å². The van der Waals surface area contributed by atoms with E-state index in [0.717, 1.165) is 51.4 Å². The molecule has 0 saturated carbocycles. The number of rotatable bonds is 8. The lowest BCUT2D eigenvalue weighted by molar-refractivity contribution is 0.0272. The van der Waals surface area contributed by atoms with Gasteiger partial charge in [0.1, 0.15) is 24.4 Å². The maximum atomic E-state index is 17.7. The van der Waals surface area contributed by atoms with Crippen molar-refractivity contribution in [1.29, 1.82) is 0 Å². The molecule has 8 nitrogen and oxygen atoms in total. The Bertz CT molecular complexity index is 1270. The van der Waals surface area contributed by atoms with E-state index in [-0.39, 0.29) is 80.2 Å². The van der Waals surface area contributed by atoms with Gasteiger partial charge >= 0.3 is 0 Å². The minimum atomic E-state index is -0.536. The van der Waals surface area contributed by atoms with Crippen molar-refractivity contribution >= 4 is 0 Å². The van der Waals surface area contributed by atoms with Gasteiger partial charge in [0.15, 0.2) is 11.5 Å². The van der Waals surface area contributed by atoms with E-state index in [9.17, 15) is 0 Å². The second-order valence-electron chi connectivity index (χ2n) is 22.0. The summed E-state index contributed by atoms with van der Waals surface area (Å²) < 4.78 is 45.3. The first-order chi connectivity index (χ1) is 22.9. The number of piperidine rings is 4. The van der Waals surface area contributed by atoms with E-state index in [1.165, 1.54) is 0 Å². The first kappa shape index (κ1) is 40.4. The summed E-state index contributed by atoms with van der Waals surface area (Å²) in [6.07, 6.45) is 5.25. The molecule has 4 heterocycles. The number of hydrogen-bond donors (Lipinski definition) is 4. The fourth-order valence-electron chi connectivity index (χ4n) is 10.9. The molecule has 292 valence electrons. The summed E-state index contributed by atoms with van der Waals surface area (Å²) in [5.41, 5.74) is -1.35. The highest BCUT2D eigenvalue weighted by atomic mass is 19.1. The summed E-state index contributed by atoms with van der Waals surface area (Å²) >= 11 is 0. The Morgan fingerprint density at radius 2 is 0.588 bits per heavy atom. The molecule has 1 aromatic carbocycles. The molecule has 0 amide bonds. The van der Waals surface area contributed by atoms with Crippen LogP contribution in [0.5, 0.6) is 23.0 Å². The fraction of sp³-hybridized carbons (Fsp3) is 0.857. The van der Waals surface area contributed by atoms with Gasteiger partial charge in [0.25, 0.3) is 0 Å². The van der Waals surface area contributed by atoms with Crippen LogP contribution in [0.1, 0.15) is 162 Å². The third-order valence-electron chi connectivity index (χ3n) is 10.9. The molecular formula is C42H73FN4O4. The molecule has 0 radical (unpaired) electrons. The van der Waals surface area contributed by atoms with Crippen LogP contribution >= 0.6 is 0 Å². The highest BCUT2D eigenvalue weighted by molar-refractivity contribution is 5.56. The molecule has 4 N–H and O–H groups in total. The van der Waals surface area contributed by atoms with Crippen LogP contribution in [0.25, 0.3) is 0 Å². The van der Waals surface area contributed by atoms with Gasteiger partial charge < -0.3 is 40.2 Å². The number of ether oxygens (including phenoxy) is 4. The monoisotopic (exact) mass is 717 g/mol. The smallest absolute Gasteiger partial charge is 0.214 e. The number of halogens is 1. The van der Waals surface area contributed by atoms with Gasteiger partial charge in [0.05, 0.1) is 0 Å². The first-order valence-electron chi connectivity index (χ1n) is 19.6. The number of hydrogen-bond acceptors (Lipinski definition) is 8. The van der Waals surface area contributed by atoms with E-state index >= 15 is 4.39 Å². The highest BCUT2D eigenvalue weighted by Crippen LogP contribution is 2.49. The minimum absolute atomic E-state index is 0.128. The second kappa shape index (κ2) is 13.2. The summed E-state index contributed by atoms with van der Waals surface area (Å²) in [6.45, 7) is 35.1. The Hall–Kier alpha value is -1.81. The predicted molar refractivity (Wildman–Crippen MR) is 206 cm³/mol. The third-order valence-corrected chi connectivity index (χ3v) is 10.9. The van der Waals surface area contributed by atoms with E-state index in [0.29, 0.717) is 11.5 Å². The van der Waals surface area contributed by atoms with Gasteiger partial charge in [0.2, 0.25) is 17.3 Å². The average molecular weight is 717 g/mol. The number of nitrogens with one attached hydrogen (secondary N) is 4. The van der Waals surface area contributed by atoms with E-state index < -0.39 is 5.82 Å². The molecule has 9 heteroatoms. The predicted octanol–water partition coefficient (Wildman–Crippen LogP) is 8.58. The van der Waals surface area contributed by atoms with Gasteiger partial charge in [-0.05, 0) is 111 Å². The SMILES string of the molecule is CC1(C)CC(Oc2cc(OC3CC(C)(C)NC(C)(C)C3)c(OC3CC(C)(C)NC(C)(C)C3)c(F)c2OC2CC(C)(C)NC(C)(C)C2)CC(C)(C)N1. The summed E-state index contributed by atoms with van der Waals surface area (Å²) in [4.78, 5) is 0. The van der Waals surface area contributed by atoms with Crippen molar-refractivity contribution in [1.82, 2.24) is 21.3 Å². The molecular weight excluding hydrogens is 643 g/mol. The lowest BCUT2D eigenvalue weighted by atomic mass is 9.80. The summed E-state index contributed by atoms with van der Waals surface area (Å²) in [5, 5.41) is 15.0. The largest absolute Gasteiger partial charge is 0.486 e. The van der Waals surface area contributed by atoms with Crippen molar-refractivity contribution in [2.45, 2.75) is 231 Å². The zero-order valence-corrected chi connectivity index (χ0v) is 35.1. The summed E-state index contributed by atoms with van der Waals surface area (Å²) in [7, 11) is 0. The van der Waals surface area contributed by atoms with Crippen molar-refractivity contribution in [2.75, 3.05) is 0 Å². The van der Waals surface area contributed by atoms with Crippen LogP contribution in [0, 0.1) is 5.82 Å². The van der Waals surface area contributed by atoms with E-state index in [1.54, 1.807) is 0 Å². The quantitative estimate of drug-likeness (QED) is 0.213. The molecule has 0 unspecified atom stereocenters. The molecule has 4 aliphatic rings. The van der Waals surface area contributed by atoms with E-state index in [4.69, 9.17) is 18.9 Å². The maximum Gasteiger partial charge on any atom is 0.214 e. The molecule has 4 saturated heterocycles. The average Bonchev–Trinajstić information content (AvgIpc) is 2.81. The molecule has 4 fully saturated rings. The van der Waals surface area contributed by atoms with Gasteiger partial charge in [-0.1, -0.05) is 0 Å². The van der Waals surface area contributed by atoms with Gasteiger partial charge in [-0.25, -0.2) is 0 Å². The fourth-order valence-corrected chi connectivity index (χ4v) is 10.9. The molecule has 0 aliphatic carbocycles. The van der Waals surface area contributed by atoms with Gasteiger partial charge in [0, 0.05) is 102 Å². The van der Waals surface area contributed by atoms with Crippen molar-refractivity contribution < 1.29 is 23.3 Å². The van der Waals surface area contributed by atoms with Crippen LogP contribution in [0.15, 0.2) is 6.07 Å². The van der Waals surface area contributed by atoms with Crippen molar-refractivity contribution in [2.24, 2.45) is 0 Å². The maximum absolute atomic E-state index is 17.7. The van der Waals surface area contributed by atoms with Crippen molar-refractivity contribution in [3.63, 3.8) is 0 Å². The van der Waals surface area contributed by atoms with Crippen LogP contribution < -0.4 is 40.2 Å². The molecule has 0 spiro atoms. The molecule has 0 aromatic heterocycles. The minimum Gasteiger partial charge on any atom is -0.486 e. The van der Waals surface area contributed by atoms with Crippen LogP contribution in [0.3, 0.4) is 0 Å². The standard InChI is InChI=1S/C42H73FN4O4/c1-35(2)18-26(19-36(3,4)44-35)48-30-17-31(49-27-20-37(5,6)45-38(7,8)21-27)34(51-29-24-41(13,14)47-42(15,16)25-29)32(43)33(30)50-28-22-39(9,10)46-40(11,12)23-28/h17,26-29,44-47H,18-25H2,1-16H3. The molecule has 0 atom stereocenters. The Morgan fingerprint density at radius 1 is 0.392 bits per heavy atom. The molecule has 51 heavy (non-hydrogen) atoms. The van der Waals surface area contributed by atoms with Crippen LogP contribution in [-0.4, -0.2) is 68.7 Å². The van der Waals surface area contributed by atoms with Crippen molar-refractivity contribution in [3.05, 3.63) is 11.9 Å². The molecule has 5 rings (SSSR count). The Balaban J connectivity index is 1.62. The van der Waals surface area contributed by atoms with Gasteiger partial charge in [-0.15, -0.1) is 0 Å². The molecule has 0 bridgehead atoms. The van der Waals surface area contributed by atoms with Gasteiger partial charge in [-0.2, -0.15) is 4.39 Å². The van der Waals surface area contributed by atoms with Crippen LogP contribution in [-0.2, 0) is 0 Å². The molecule has 4 aliphatic heterocycles. The van der Waals surface area contributed by atoms with E-state index in [1.807, 2.05) is 6.07 Å². The Kier molecular flexibility index (Phi) is 10.4. The first-order valence-corrected chi connectivity index (χ1v) is 19.6. The van der Waals surface area contributed by atoms with Crippen molar-refractivity contribution in [3.8, 4) is 23.0 Å². The lowest BCUT2D eigenvalue weighted by Gasteiger charge is -2.47. The second-order valence-corrected chi connectivity index (χ2v) is 22.0. The zero-order valence-electron chi connectivity index (χ0n) is 35.1. The Labute approximate surface area is 309 Å². The molecule has 1 aromatic rings. The summed E-state index contributed by atoms with van der Waals surface area (Å²) in [6, 6.07) is 1.88. The summed E-state index contributed by atoms with van der Waals surface area (Å²) in [5.74, 6) is 0.499. The Morgan fingerprint density at radius 3 is 0.804 bits per heavy atom. The van der Waals surface area contributed by atoms with Crippen LogP contribution in [0.2, 0.25) is 0 Å². The highest BCUT2D eigenvalue weighted by Gasteiger charge is 2.45. The lowest BCUT2D eigenvalue weighted by Crippen LogP contribution is -2.60. The normalized spacial score (nSPS) is 28.5. The topological polar surface area (TPSA) is 85.0 Å².